The summed E-state index contributed by atoms with van der Waals surface area (Å²) in [5, 5.41) is 10.8. The number of para-hydroxylation sites is 2. The zero-order valence-corrected chi connectivity index (χ0v) is 20.2. The number of fused-ring (bicyclic) bond motifs is 1. The summed E-state index contributed by atoms with van der Waals surface area (Å²) in [4.78, 5) is 31.8. The average Bonchev–Trinajstić information content (AvgIpc) is 3.38. The van der Waals surface area contributed by atoms with E-state index < -0.39 is 5.97 Å². The zero-order chi connectivity index (χ0) is 25.1. The number of rotatable bonds is 7. The monoisotopic (exact) mass is 493 g/mol. The van der Waals surface area contributed by atoms with Crippen molar-refractivity contribution in [1.29, 1.82) is 0 Å². The molecule has 1 N–H and O–H groups in total. The molecule has 178 valence electrons. The van der Waals surface area contributed by atoms with Crippen molar-refractivity contribution in [2.45, 2.75) is 13.1 Å². The molecule has 6 nitrogen and oxygen atoms in total. The predicted molar refractivity (Wildman–Crippen MR) is 145 cm³/mol. The van der Waals surface area contributed by atoms with Gasteiger partial charge < -0.3 is 9.67 Å². The van der Waals surface area contributed by atoms with Crippen LogP contribution in [-0.4, -0.2) is 31.6 Å². The summed E-state index contributed by atoms with van der Waals surface area (Å²) >= 11 is 1.34. The van der Waals surface area contributed by atoms with Gasteiger partial charge in [0.15, 0.2) is 5.17 Å². The van der Waals surface area contributed by atoms with Crippen LogP contribution in [0.5, 0.6) is 0 Å². The van der Waals surface area contributed by atoms with Gasteiger partial charge in [0.05, 0.1) is 22.7 Å². The van der Waals surface area contributed by atoms with Gasteiger partial charge in [-0.1, -0.05) is 54.6 Å². The Labute approximate surface area is 212 Å². The van der Waals surface area contributed by atoms with Gasteiger partial charge in [0.1, 0.15) is 0 Å². The third-order valence-corrected chi connectivity index (χ3v) is 6.85. The number of hydrogen-bond donors (Lipinski definition) is 1. The van der Waals surface area contributed by atoms with Crippen molar-refractivity contribution in [2.24, 2.45) is 4.99 Å². The highest BCUT2D eigenvalue weighted by Gasteiger charge is 2.33. The average molecular weight is 494 g/mol. The lowest BCUT2D eigenvalue weighted by molar-refractivity contribution is -0.122. The van der Waals surface area contributed by atoms with Gasteiger partial charge in [0.2, 0.25) is 0 Å². The van der Waals surface area contributed by atoms with Gasteiger partial charge in [-0.3, -0.25) is 9.69 Å². The lowest BCUT2D eigenvalue weighted by Gasteiger charge is -2.16. The number of carbonyl (C=O) groups is 2. The molecule has 5 rings (SSSR count). The Morgan fingerprint density at radius 3 is 2.44 bits per heavy atom. The van der Waals surface area contributed by atoms with E-state index in [2.05, 4.69) is 17.2 Å². The Bertz CT molecular complexity index is 1520. The summed E-state index contributed by atoms with van der Waals surface area (Å²) < 4.78 is 2.11. The quantitative estimate of drug-likeness (QED) is 0.241. The minimum absolute atomic E-state index is 0.141. The van der Waals surface area contributed by atoms with Crippen molar-refractivity contribution >= 4 is 51.5 Å². The molecular formula is C29H23N3O3S. The maximum atomic E-state index is 13.6. The van der Waals surface area contributed by atoms with Gasteiger partial charge in [0, 0.05) is 29.2 Å². The first-order valence-electron chi connectivity index (χ1n) is 11.4. The fraction of sp³-hybridized carbons (Fsp3) is 0.0690. The number of nitrogens with zero attached hydrogens (tertiary/aromatic N) is 3. The summed E-state index contributed by atoms with van der Waals surface area (Å²) in [7, 11) is 0. The van der Waals surface area contributed by atoms with Crippen molar-refractivity contribution < 1.29 is 14.7 Å². The molecule has 2 heterocycles. The third kappa shape index (κ3) is 4.74. The number of thioether (sulfide) groups is 1. The largest absolute Gasteiger partial charge is 0.478 e. The molecule has 1 saturated heterocycles. The number of carbonyl (C=O) groups excluding carboxylic acids is 1. The van der Waals surface area contributed by atoms with E-state index in [1.807, 2.05) is 66.9 Å². The topological polar surface area (TPSA) is 74.9 Å². The Hall–Kier alpha value is -4.36. The molecule has 1 aliphatic heterocycles. The van der Waals surface area contributed by atoms with Gasteiger partial charge in [0.25, 0.3) is 5.91 Å². The molecule has 0 unspecified atom stereocenters. The van der Waals surface area contributed by atoms with Crippen LogP contribution in [0.3, 0.4) is 0 Å². The summed E-state index contributed by atoms with van der Waals surface area (Å²) in [6.45, 7) is 4.81. The van der Waals surface area contributed by atoms with E-state index in [1.165, 1.54) is 11.8 Å². The van der Waals surface area contributed by atoms with E-state index in [9.17, 15) is 14.7 Å². The molecule has 0 radical (unpaired) electrons. The minimum Gasteiger partial charge on any atom is -0.478 e. The number of carboxylic acid groups (broad SMARTS) is 1. The molecule has 1 aliphatic rings. The third-order valence-electron chi connectivity index (χ3n) is 5.84. The molecule has 0 spiro atoms. The van der Waals surface area contributed by atoms with Crippen LogP contribution < -0.4 is 0 Å². The molecule has 0 aliphatic carbocycles. The normalized spacial score (nSPS) is 15.8. The van der Waals surface area contributed by atoms with E-state index in [1.54, 1.807) is 29.2 Å². The Morgan fingerprint density at radius 2 is 1.72 bits per heavy atom. The maximum Gasteiger partial charge on any atom is 0.335 e. The van der Waals surface area contributed by atoms with Gasteiger partial charge in [-0.15, -0.1) is 6.58 Å². The molecule has 7 heteroatoms. The zero-order valence-electron chi connectivity index (χ0n) is 19.4. The molecule has 1 amide bonds. The minimum atomic E-state index is -0.985. The van der Waals surface area contributed by atoms with E-state index in [-0.39, 0.29) is 18.0 Å². The van der Waals surface area contributed by atoms with Crippen molar-refractivity contribution in [2.75, 3.05) is 0 Å². The summed E-state index contributed by atoms with van der Waals surface area (Å²) in [6, 6.07) is 24.1. The van der Waals surface area contributed by atoms with Crippen molar-refractivity contribution in [3.05, 3.63) is 119 Å². The lowest BCUT2D eigenvalue weighted by atomic mass is 10.1. The SMILES string of the molecule is C=CCn1cc(/C=C2/SC(=Nc3ccccc3)N(Cc3ccc(C(=O)O)cc3)C2=O)c2ccccc21. The standard InChI is InChI=1S/C29H23N3O3S/c1-2-16-31-19-22(24-10-6-7-11-25(24)31)17-26-27(33)32(18-20-12-14-21(15-13-20)28(34)35)29(36-26)30-23-8-4-3-5-9-23/h2-15,17,19H,1,16,18H2,(H,34,35)/b26-17+,30-29?. The van der Waals surface area contributed by atoms with Gasteiger partial charge in [-0.05, 0) is 53.7 Å². The number of allylic oxidation sites excluding steroid dienone is 1. The van der Waals surface area contributed by atoms with Crippen LogP contribution in [0.1, 0.15) is 21.5 Å². The van der Waals surface area contributed by atoms with Crippen LogP contribution in [0.2, 0.25) is 0 Å². The molecular weight excluding hydrogens is 470 g/mol. The van der Waals surface area contributed by atoms with E-state index >= 15 is 0 Å². The molecule has 0 bridgehead atoms. The number of amides is 1. The fourth-order valence-electron chi connectivity index (χ4n) is 4.10. The number of benzene rings is 3. The van der Waals surface area contributed by atoms with Crippen LogP contribution >= 0.6 is 11.8 Å². The van der Waals surface area contributed by atoms with E-state index in [0.717, 1.165) is 27.7 Å². The molecule has 36 heavy (non-hydrogen) atoms. The number of carboxylic acids is 1. The molecule has 1 fully saturated rings. The second-order valence-corrected chi connectivity index (χ2v) is 9.29. The van der Waals surface area contributed by atoms with Crippen LogP contribution in [-0.2, 0) is 17.9 Å². The van der Waals surface area contributed by atoms with E-state index in [0.29, 0.717) is 16.6 Å². The van der Waals surface area contributed by atoms with Crippen molar-refractivity contribution in [3.63, 3.8) is 0 Å². The summed E-state index contributed by atoms with van der Waals surface area (Å²) in [5.74, 6) is -1.13. The first-order valence-corrected chi connectivity index (χ1v) is 12.2. The highest BCUT2D eigenvalue weighted by Crippen LogP contribution is 2.36. The first-order chi connectivity index (χ1) is 17.5. The molecule has 3 aromatic carbocycles. The Balaban J connectivity index is 1.53. The van der Waals surface area contributed by atoms with Crippen LogP contribution in [0.15, 0.2) is 108 Å². The van der Waals surface area contributed by atoms with Gasteiger partial charge in [-0.25, -0.2) is 9.79 Å². The smallest absolute Gasteiger partial charge is 0.335 e. The van der Waals surface area contributed by atoms with Gasteiger partial charge >= 0.3 is 5.97 Å². The van der Waals surface area contributed by atoms with Crippen molar-refractivity contribution in [3.8, 4) is 0 Å². The number of amidine groups is 1. The number of hydrogen-bond acceptors (Lipinski definition) is 4. The lowest BCUT2D eigenvalue weighted by Crippen LogP contribution is -2.28. The molecule has 1 aromatic heterocycles. The van der Waals surface area contributed by atoms with Crippen molar-refractivity contribution in [1.82, 2.24) is 9.47 Å². The number of aromatic carboxylic acids is 1. The molecule has 0 atom stereocenters. The van der Waals surface area contributed by atoms with Gasteiger partial charge in [-0.2, -0.15) is 0 Å². The van der Waals surface area contributed by atoms with Crippen LogP contribution in [0.25, 0.3) is 17.0 Å². The van der Waals surface area contributed by atoms with E-state index in [4.69, 9.17) is 4.99 Å². The highest BCUT2D eigenvalue weighted by molar-refractivity contribution is 8.18. The Kier molecular flexibility index (Phi) is 6.56. The second kappa shape index (κ2) is 10.1. The predicted octanol–water partition coefficient (Wildman–Crippen LogP) is 6.33. The van der Waals surface area contributed by atoms with Crippen LogP contribution in [0, 0.1) is 0 Å². The summed E-state index contributed by atoms with van der Waals surface area (Å²) in [6.07, 6.45) is 5.80. The number of aromatic nitrogens is 1. The first kappa shape index (κ1) is 23.4. The number of aliphatic imine (C=N–C) groups is 1. The van der Waals surface area contributed by atoms with Crippen LogP contribution in [0.4, 0.5) is 5.69 Å². The summed E-state index contributed by atoms with van der Waals surface area (Å²) in [5.41, 5.74) is 3.81. The molecule has 4 aromatic rings. The second-order valence-electron chi connectivity index (χ2n) is 8.28. The Morgan fingerprint density at radius 1 is 1.00 bits per heavy atom. The maximum absolute atomic E-state index is 13.6. The fourth-order valence-corrected chi connectivity index (χ4v) is 5.09. The highest BCUT2D eigenvalue weighted by atomic mass is 32.2. The molecule has 0 saturated carbocycles.